The van der Waals surface area contributed by atoms with E-state index in [4.69, 9.17) is 0 Å². The van der Waals surface area contributed by atoms with Gasteiger partial charge in [-0.05, 0) is 13.0 Å². The highest BCUT2D eigenvalue weighted by atomic mass is 16.2. The smallest absolute Gasteiger partial charge is 0.241 e. The summed E-state index contributed by atoms with van der Waals surface area (Å²) in [7, 11) is 3.70. The normalized spacial score (nSPS) is 10.6. The Labute approximate surface area is 106 Å². The predicted molar refractivity (Wildman–Crippen MR) is 70.3 cm³/mol. The zero-order valence-electron chi connectivity index (χ0n) is 10.8. The molecule has 0 saturated carbocycles. The van der Waals surface area contributed by atoms with Crippen LogP contribution in [0, 0.1) is 0 Å². The number of likely N-dealkylation sites (N-methyl/N-ethyl adjacent to an activating group) is 1. The molecule has 0 bridgehead atoms. The first-order valence-corrected chi connectivity index (χ1v) is 5.87. The summed E-state index contributed by atoms with van der Waals surface area (Å²) in [5, 5.41) is 3.04. The van der Waals surface area contributed by atoms with Crippen LogP contribution in [0.2, 0.25) is 0 Å². The van der Waals surface area contributed by atoms with Gasteiger partial charge in [-0.15, -0.1) is 0 Å². The number of nitrogens with one attached hydrogen (secondary N) is 1. The van der Waals surface area contributed by atoms with E-state index in [9.17, 15) is 4.79 Å². The first-order valence-electron chi connectivity index (χ1n) is 5.87. The van der Waals surface area contributed by atoms with Gasteiger partial charge in [0, 0.05) is 26.8 Å². The molecule has 1 N–H and O–H groups in total. The van der Waals surface area contributed by atoms with Crippen molar-refractivity contribution in [2.75, 3.05) is 25.5 Å². The van der Waals surface area contributed by atoms with Crippen LogP contribution in [0.3, 0.4) is 0 Å². The van der Waals surface area contributed by atoms with Gasteiger partial charge in [0.25, 0.3) is 0 Å². The zero-order chi connectivity index (χ0) is 13.1. The van der Waals surface area contributed by atoms with Crippen molar-refractivity contribution in [1.82, 2.24) is 19.4 Å². The van der Waals surface area contributed by atoms with Crippen LogP contribution in [-0.2, 0) is 11.8 Å². The van der Waals surface area contributed by atoms with Crippen molar-refractivity contribution in [3.8, 4) is 0 Å². The van der Waals surface area contributed by atoms with Gasteiger partial charge in [-0.3, -0.25) is 4.79 Å². The molecule has 0 spiro atoms. The van der Waals surface area contributed by atoms with Crippen molar-refractivity contribution in [3.63, 3.8) is 0 Å². The fraction of sp³-hybridized carbons (Fsp3) is 0.417. The molecule has 0 unspecified atom stereocenters. The summed E-state index contributed by atoms with van der Waals surface area (Å²) in [6, 6.07) is 1.90. The predicted octanol–water partition coefficient (Wildman–Crippen LogP) is 0.858. The first-order chi connectivity index (χ1) is 8.63. The highest BCUT2D eigenvalue weighted by Crippen LogP contribution is 2.18. The Morgan fingerprint density at radius 2 is 2.28 bits per heavy atom. The number of hydrogen-bond donors (Lipinski definition) is 1. The molecule has 1 amide bonds. The van der Waals surface area contributed by atoms with E-state index in [-0.39, 0.29) is 12.5 Å². The Morgan fingerprint density at radius 1 is 1.50 bits per heavy atom. The maximum absolute atomic E-state index is 11.7. The molecule has 0 aliphatic carbocycles. The fourth-order valence-electron chi connectivity index (χ4n) is 1.66. The van der Waals surface area contributed by atoms with Crippen molar-refractivity contribution in [3.05, 3.63) is 18.6 Å². The second kappa shape index (κ2) is 5.03. The van der Waals surface area contributed by atoms with Gasteiger partial charge < -0.3 is 14.8 Å². The van der Waals surface area contributed by atoms with E-state index in [1.54, 1.807) is 24.5 Å². The van der Waals surface area contributed by atoms with E-state index < -0.39 is 0 Å². The van der Waals surface area contributed by atoms with E-state index in [1.165, 1.54) is 0 Å². The van der Waals surface area contributed by atoms with E-state index in [0.717, 1.165) is 11.0 Å². The first kappa shape index (κ1) is 12.3. The second-order valence-electron chi connectivity index (χ2n) is 4.14. The third kappa shape index (κ3) is 2.27. The molecule has 0 aliphatic rings. The van der Waals surface area contributed by atoms with Crippen molar-refractivity contribution in [2.24, 2.45) is 7.05 Å². The zero-order valence-corrected chi connectivity index (χ0v) is 10.8. The summed E-state index contributed by atoms with van der Waals surface area (Å²) < 4.78 is 1.92. The van der Waals surface area contributed by atoms with Gasteiger partial charge in [0.15, 0.2) is 5.82 Å². The number of pyridine rings is 1. The SMILES string of the molecule is CCN(C)C(=O)CNc1nccc2c1ncn2C. The molecule has 96 valence electrons. The lowest BCUT2D eigenvalue weighted by atomic mass is 10.3. The number of carbonyl (C=O) groups excluding carboxylic acids is 1. The summed E-state index contributed by atoms with van der Waals surface area (Å²) in [5.41, 5.74) is 1.77. The van der Waals surface area contributed by atoms with E-state index in [1.807, 2.05) is 24.6 Å². The molecule has 0 aromatic carbocycles. The molecule has 2 heterocycles. The minimum atomic E-state index is 0.0345. The summed E-state index contributed by atoms with van der Waals surface area (Å²) >= 11 is 0. The van der Waals surface area contributed by atoms with Gasteiger partial charge in [0.2, 0.25) is 5.91 Å². The van der Waals surface area contributed by atoms with Crippen molar-refractivity contribution < 1.29 is 4.79 Å². The molecule has 0 atom stereocenters. The van der Waals surface area contributed by atoms with E-state index >= 15 is 0 Å². The second-order valence-corrected chi connectivity index (χ2v) is 4.14. The third-order valence-corrected chi connectivity index (χ3v) is 2.95. The molecule has 6 heteroatoms. The Hall–Kier alpha value is -2.11. The number of aromatic nitrogens is 3. The molecular weight excluding hydrogens is 230 g/mol. The molecular formula is C12H17N5O. The van der Waals surface area contributed by atoms with Crippen LogP contribution in [0.25, 0.3) is 11.0 Å². The number of nitrogens with zero attached hydrogens (tertiary/aromatic N) is 4. The number of hydrogen-bond acceptors (Lipinski definition) is 4. The number of carbonyl (C=O) groups is 1. The molecule has 18 heavy (non-hydrogen) atoms. The average molecular weight is 247 g/mol. The molecule has 2 aromatic rings. The summed E-state index contributed by atoms with van der Waals surface area (Å²) in [4.78, 5) is 21.9. The topological polar surface area (TPSA) is 63.1 Å². The number of fused-ring (bicyclic) bond motifs is 1. The Bertz CT molecular complexity index is 563. The van der Waals surface area contributed by atoms with E-state index in [0.29, 0.717) is 12.4 Å². The van der Waals surface area contributed by atoms with Gasteiger partial charge in [-0.25, -0.2) is 9.97 Å². The fourth-order valence-corrected chi connectivity index (χ4v) is 1.66. The summed E-state index contributed by atoms with van der Waals surface area (Å²) in [6.07, 6.45) is 3.44. The highest BCUT2D eigenvalue weighted by Gasteiger charge is 2.10. The van der Waals surface area contributed by atoms with Crippen molar-refractivity contribution >= 4 is 22.8 Å². The summed E-state index contributed by atoms with van der Waals surface area (Å²) in [5.74, 6) is 0.679. The maximum Gasteiger partial charge on any atom is 0.241 e. The molecule has 0 radical (unpaired) electrons. The Balaban J connectivity index is 2.15. The lowest BCUT2D eigenvalue weighted by Gasteiger charge is -2.14. The van der Waals surface area contributed by atoms with Gasteiger partial charge in [-0.1, -0.05) is 0 Å². The quantitative estimate of drug-likeness (QED) is 0.870. The van der Waals surface area contributed by atoms with Gasteiger partial charge in [0.05, 0.1) is 18.4 Å². The lowest BCUT2D eigenvalue weighted by molar-refractivity contribution is -0.127. The van der Waals surface area contributed by atoms with Crippen molar-refractivity contribution in [2.45, 2.75) is 6.92 Å². The molecule has 6 nitrogen and oxygen atoms in total. The maximum atomic E-state index is 11.7. The Morgan fingerprint density at radius 3 is 3.00 bits per heavy atom. The average Bonchev–Trinajstić information content (AvgIpc) is 2.77. The van der Waals surface area contributed by atoms with Crippen LogP contribution in [0.5, 0.6) is 0 Å². The molecule has 0 aliphatic heterocycles. The monoisotopic (exact) mass is 247 g/mol. The number of anilines is 1. The van der Waals surface area contributed by atoms with E-state index in [2.05, 4.69) is 15.3 Å². The largest absolute Gasteiger partial charge is 0.359 e. The summed E-state index contributed by atoms with van der Waals surface area (Å²) in [6.45, 7) is 2.87. The van der Waals surface area contributed by atoms with Crippen LogP contribution in [0.15, 0.2) is 18.6 Å². The molecule has 0 fully saturated rings. The molecule has 0 saturated heterocycles. The number of aryl methyl sites for hydroxylation is 1. The standard InChI is InChI=1S/C12H17N5O/c1-4-16(2)10(18)7-14-12-11-9(5-6-13-12)17(3)8-15-11/h5-6,8H,4,7H2,1-3H3,(H,13,14). The lowest BCUT2D eigenvalue weighted by Crippen LogP contribution is -2.32. The van der Waals surface area contributed by atoms with Crippen molar-refractivity contribution in [1.29, 1.82) is 0 Å². The van der Waals surface area contributed by atoms with Gasteiger partial charge >= 0.3 is 0 Å². The van der Waals surface area contributed by atoms with Crippen LogP contribution in [0.4, 0.5) is 5.82 Å². The van der Waals surface area contributed by atoms with Crippen LogP contribution >= 0.6 is 0 Å². The number of amides is 1. The number of rotatable bonds is 4. The third-order valence-electron chi connectivity index (χ3n) is 2.95. The number of imidazole rings is 1. The highest BCUT2D eigenvalue weighted by molar-refractivity contribution is 5.88. The minimum Gasteiger partial charge on any atom is -0.359 e. The molecule has 2 aromatic heterocycles. The minimum absolute atomic E-state index is 0.0345. The van der Waals surface area contributed by atoms with Crippen LogP contribution in [-0.4, -0.2) is 45.5 Å². The van der Waals surface area contributed by atoms with Crippen LogP contribution in [0.1, 0.15) is 6.92 Å². The van der Waals surface area contributed by atoms with Crippen LogP contribution < -0.4 is 5.32 Å². The van der Waals surface area contributed by atoms with Gasteiger partial charge in [0.1, 0.15) is 5.52 Å². The Kier molecular flexibility index (Phi) is 3.45. The van der Waals surface area contributed by atoms with Gasteiger partial charge in [-0.2, -0.15) is 0 Å². The molecule has 2 rings (SSSR count).